The number of alkyl halides is 3. The molecule has 0 unspecified atom stereocenters. The largest absolute Gasteiger partial charge is 0.481 e. The molecule has 37 heavy (non-hydrogen) atoms. The van der Waals surface area contributed by atoms with Gasteiger partial charge in [0.1, 0.15) is 17.7 Å². The van der Waals surface area contributed by atoms with E-state index in [2.05, 4.69) is 20.5 Å². The van der Waals surface area contributed by atoms with Crippen LogP contribution in [0.5, 0.6) is 5.88 Å². The number of nitrogens with one attached hydrogen (secondary N) is 1. The molecule has 0 atom stereocenters. The second-order valence-corrected chi connectivity index (χ2v) is 8.38. The maximum Gasteiger partial charge on any atom is 0.419 e. The number of Topliss-reactive ketones (excluding diaryl/α,β-unsaturated/α-hetero) is 1. The van der Waals surface area contributed by atoms with Gasteiger partial charge in [-0.2, -0.15) is 13.2 Å². The van der Waals surface area contributed by atoms with Crippen molar-refractivity contribution in [2.24, 2.45) is 5.92 Å². The summed E-state index contributed by atoms with van der Waals surface area (Å²) >= 11 is 0. The molecule has 0 radical (unpaired) electrons. The number of benzene rings is 1. The maximum atomic E-state index is 13.9. The minimum absolute atomic E-state index is 0.0645. The first-order valence-electron chi connectivity index (χ1n) is 11.0. The first kappa shape index (κ1) is 26.0. The van der Waals surface area contributed by atoms with Gasteiger partial charge in [-0.1, -0.05) is 11.2 Å². The Morgan fingerprint density at radius 2 is 1.81 bits per heavy atom. The van der Waals surface area contributed by atoms with Gasteiger partial charge in [0.15, 0.2) is 0 Å². The molecule has 2 heterocycles. The number of hydrogen-bond donors (Lipinski definition) is 2. The van der Waals surface area contributed by atoms with E-state index in [1.165, 1.54) is 6.20 Å². The number of aliphatic carboxylic acids is 1. The van der Waals surface area contributed by atoms with E-state index in [0.717, 1.165) is 0 Å². The fourth-order valence-corrected chi connectivity index (χ4v) is 3.81. The number of carbonyl (C=O) groups excluding carboxylic acids is 1. The van der Waals surface area contributed by atoms with E-state index in [1.807, 2.05) is 0 Å². The molecular formula is C23H19F5N4O5. The Kier molecular flexibility index (Phi) is 7.36. The van der Waals surface area contributed by atoms with E-state index in [1.54, 1.807) is 12.1 Å². The summed E-state index contributed by atoms with van der Waals surface area (Å²) in [6.45, 7) is 0. The summed E-state index contributed by atoms with van der Waals surface area (Å²) in [6.07, 6.45) is -1.80. The van der Waals surface area contributed by atoms with E-state index in [0.29, 0.717) is 37.1 Å². The molecular weight excluding hydrogens is 507 g/mol. The molecule has 2 N–H and O–H groups in total. The van der Waals surface area contributed by atoms with Crippen molar-refractivity contribution in [3.63, 3.8) is 0 Å². The summed E-state index contributed by atoms with van der Waals surface area (Å²) in [4.78, 5) is 27.6. The predicted octanol–water partition coefficient (Wildman–Crippen LogP) is 4.95. The number of rotatable bonds is 8. The van der Waals surface area contributed by atoms with Crippen molar-refractivity contribution < 1.29 is 45.8 Å². The van der Waals surface area contributed by atoms with E-state index in [4.69, 9.17) is 14.3 Å². The zero-order valence-corrected chi connectivity index (χ0v) is 18.9. The lowest BCUT2D eigenvalue weighted by atomic mass is 9.87. The number of aromatic nitrogens is 3. The second-order valence-electron chi connectivity index (χ2n) is 8.38. The highest BCUT2D eigenvalue weighted by atomic mass is 19.4. The molecule has 0 aliphatic heterocycles. The number of carbonyl (C=O) groups is 2. The first-order valence-corrected chi connectivity index (χ1v) is 11.0. The fraction of sp³-hybridized carbons (Fsp3) is 0.348. The molecule has 1 saturated carbocycles. The van der Waals surface area contributed by atoms with E-state index in [9.17, 15) is 31.5 Å². The number of ether oxygens (including phenoxy) is 1. The lowest BCUT2D eigenvalue weighted by Gasteiger charge is -2.26. The lowest BCUT2D eigenvalue weighted by molar-refractivity contribution is -0.143. The van der Waals surface area contributed by atoms with Crippen molar-refractivity contribution in [2.45, 2.75) is 44.4 Å². The highest BCUT2D eigenvalue weighted by molar-refractivity contribution is 5.93. The Morgan fingerprint density at radius 1 is 1.08 bits per heavy atom. The van der Waals surface area contributed by atoms with Gasteiger partial charge in [0.2, 0.25) is 11.7 Å². The van der Waals surface area contributed by atoms with Crippen LogP contribution in [0.2, 0.25) is 0 Å². The fourth-order valence-electron chi connectivity index (χ4n) is 3.81. The number of carboxylic acid groups (broad SMARTS) is 1. The van der Waals surface area contributed by atoms with Gasteiger partial charge in [0.25, 0.3) is 5.89 Å². The van der Waals surface area contributed by atoms with E-state index >= 15 is 0 Å². The quantitative estimate of drug-likeness (QED) is 0.309. The minimum Gasteiger partial charge on any atom is -0.481 e. The zero-order chi connectivity index (χ0) is 26.7. The monoisotopic (exact) mass is 526 g/mol. The van der Waals surface area contributed by atoms with Gasteiger partial charge in [-0.15, -0.1) is 5.10 Å². The molecule has 1 aliphatic rings. The van der Waals surface area contributed by atoms with Crippen molar-refractivity contribution in [1.29, 1.82) is 0 Å². The summed E-state index contributed by atoms with van der Waals surface area (Å²) in [6, 6.07) is 2.85. The molecule has 9 nitrogen and oxygen atoms in total. The highest BCUT2D eigenvalue weighted by Gasteiger charge is 2.35. The number of carboxylic acids is 1. The summed E-state index contributed by atoms with van der Waals surface area (Å²) < 4.78 is 76.9. The predicted molar refractivity (Wildman–Crippen MR) is 115 cm³/mol. The molecule has 1 aliphatic carbocycles. The smallest absolute Gasteiger partial charge is 0.419 e. The number of halogens is 5. The number of nitrogens with zero attached hydrogens (tertiary/aromatic N) is 3. The van der Waals surface area contributed by atoms with Crippen LogP contribution in [0.15, 0.2) is 34.9 Å². The molecule has 2 aromatic heterocycles. The third-order valence-corrected chi connectivity index (χ3v) is 5.74. The molecule has 0 bridgehead atoms. The Hall–Kier alpha value is -4.10. The van der Waals surface area contributed by atoms with Crippen LogP contribution in [0.1, 0.15) is 47.5 Å². The third kappa shape index (κ3) is 6.37. The normalized spacial score (nSPS) is 17.9. The zero-order valence-electron chi connectivity index (χ0n) is 18.9. The van der Waals surface area contributed by atoms with Gasteiger partial charge in [-0.25, -0.2) is 13.8 Å². The Bertz CT molecular complexity index is 1290. The van der Waals surface area contributed by atoms with E-state index in [-0.39, 0.29) is 30.6 Å². The van der Waals surface area contributed by atoms with Crippen LogP contribution in [0.3, 0.4) is 0 Å². The minimum atomic E-state index is -5.06. The standard InChI is InChI=1S/C23H19F5N4O5/c24-15-9-16(25)17(8-14(15)23(26,27)28)30-22-32-31-20(37-22)18(33)7-11-1-6-19(29-10-11)36-13-4-2-12(3-5-13)21(34)35/h1,6,8-10,12-13H,2-5,7H2,(H,30,32)(H,34,35). The molecule has 3 aromatic rings. The SMILES string of the molecule is O=C(Cc1ccc(OC2CCC(C(=O)O)CC2)nc1)c1nnc(Nc2cc(C(F)(F)F)c(F)cc2F)o1. The average Bonchev–Trinajstić information content (AvgIpc) is 3.30. The molecule has 1 aromatic carbocycles. The van der Waals surface area contributed by atoms with Crippen LogP contribution < -0.4 is 10.1 Å². The van der Waals surface area contributed by atoms with Gasteiger partial charge >= 0.3 is 18.2 Å². The van der Waals surface area contributed by atoms with Gasteiger partial charge in [-0.3, -0.25) is 9.59 Å². The molecule has 0 saturated heterocycles. The summed E-state index contributed by atoms with van der Waals surface area (Å²) in [5, 5.41) is 18.1. The number of pyridine rings is 1. The molecule has 4 rings (SSSR count). The Morgan fingerprint density at radius 3 is 2.43 bits per heavy atom. The van der Waals surface area contributed by atoms with Crippen LogP contribution in [0.4, 0.5) is 33.7 Å². The topological polar surface area (TPSA) is 127 Å². The second kappa shape index (κ2) is 10.5. The lowest BCUT2D eigenvalue weighted by Crippen LogP contribution is -2.28. The van der Waals surface area contributed by atoms with E-state index < -0.39 is 52.7 Å². The van der Waals surface area contributed by atoms with Crippen LogP contribution in [-0.4, -0.2) is 38.1 Å². The Balaban J connectivity index is 1.35. The molecule has 196 valence electrons. The summed E-state index contributed by atoms with van der Waals surface area (Å²) in [5.41, 5.74) is -1.99. The van der Waals surface area contributed by atoms with Gasteiger partial charge < -0.3 is 19.6 Å². The van der Waals surface area contributed by atoms with Crippen LogP contribution >= 0.6 is 0 Å². The number of anilines is 2. The maximum absolute atomic E-state index is 13.9. The first-order chi connectivity index (χ1) is 17.5. The molecule has 0 amide bonds. The summed E-state index contributed by atoms with van der Waals surface area (Å²) in [7, 11) is 0. The third-order valence-electron chi connectivity index (χ3n) is 5.74. The number of hydrogen-bond acceptors (Lipinski definition) is 8. The molecule has 1 fully saturated rings. The highest BCUT2D eigenvalue weighted by Crippen LogP contribution is 2.35. The van der Waals surface area contributed by atoms with Crippen LogP contribution in [0.25, 0.3) is 0 Å². The van der Waals surface area contributed by atoms with Crippen molar-refractivity contribution in [1.82, 2.24) is 15.2 Å². The van der Waals surface area contributed by atoms with Crippen molar-refractivity contribution in [3.8, 4) is 5.88 Å². The Labute approximate surface area is 205 Å². The van der Waals surface area contributed by atoms with Crippen molar-refractivity contribution in [3.05, 3.63) is 59.1 Å². The average molecular weight is 526 g/mol. The van der Waals surface area contributed by atoms with Crippen molar-refractivity contribution in [2.75, 3.05) is 5.32 Å². The van der Waals surface area contributed by atoms with Crippen LogP contribution in [0, 0.1) is 17.6 Å². The van der Waals surface area contributed by atoms with Gasteiger partial charge in [0, 0.05) is 24.8 Å². The summed E-state index contributed by atoms with van der Waals surface area (Å²) in [5.74, 6) is -5.11. The van der Waals surface area contributed by atoms with Crippen molar-refractivity contribution >= 4 is 23.5 Å². The van der Waals surface area contributed by atoms with Gasteiger partial charge in [0.05, 0.1) is 17.2 Å². The molecule has 14 heteroatoms. The van der Waals surface area contributed by atoms with Crippen LogP contribution in [-0.2, 0) is 17.4 Å². The molecule has 0 spiro atoms. The van der Waals surface area contributed by atoms with Gasteiger partial charge in [-0.05, 0) is 37.3 Å². The number of ketones is 1.